The first-order valence-electron chi connectivity index (χ1n) is 4.71. The largest absolute Gasteiger partial charge is 0.247 e. The standard InChI is InChI=1S/C10H14BrNS/c1-8-12-9(6-13-8)5-10(7-11)3-2-4-10/h6H,2-5,7H2,1H3. The molecule has 1 nitrogen and oxygen atoms in total. The van der Waals surface area contributed by atoms with Crippen molar-refractivity contribution < 1.29 is 0 Å². The molecular formula is C10H14BrNS. The minimum absolute atomic E-state index is 0.542. The lowest BCUT2D eigenvalue weighted by Crippen LogP contribution is -2.33. The number of nitrogens with zero attached hydrogens (tertiary/aromatic N) is 1. The first-order chi connectivity index (χ1) is 6.24. The Morgan fingerprint density at radius 1 is 1.62 bits per heavy atom. The highest BCUT2D eigenvalue weighted by Gasteiger charge is 2.36. The molecule has 1 saturated carbocycles. The van der Waals surface area contributed by atoms with Gasteiger partial charge in [0, 0.05) is 10.7 Å². The number of hydrogen-bond donors (Lipinski definition) is 0. The molecule has 0 unspecified atom stereocenters. The number of halogens is 1. The lowest BCUT2D eigenvalue weighted by molar-refractivity contribution is 0.168. The molecule has 0 saturated heterocycles. The van der Waals surface area contributed by atoms with E-state index in [1.807, 2.05) is 0 Å². The van der Waals surface area contributed by atoms with Gasteiger partial charge in [0.15, 0.2) is 0 Å². The first-order valence-corrected chi connectivity index (χ1v) is 6.71. The summed E-state index contributed by atoms with van der Waals surface area (Å²) in [4.78, 5) is 4.52. The molecule has 0 atom stereocenters. The van der Waals surface area contributed by atoms with Crippen LogP contribution in [-0.2, 0) is 6.42 Å². The Morgan fingerprint density at radius 3 is 2.77 bits per heavy atom. The first kappa shape index (κ1) is 9.66. The molecule has 1 aliphatic carbocycles. The van der Waals surface area contributed by atoms with E-state index >= 15 is 0 Å². The Kier molecular flexibility index (Phi) is 2.75. The molecule has 1 aromatic rings. The van der Waals surface area contributed by atoms with Crippen LogP contribution in [0.4, 0.5) is 0 Å². The molecule has 0 amide bonds. The number of rotatable bonds is 3. The van der Waals surface area contributed by atoms with E-state index in [9.17, 15) is 0 Å². The molecule has 2 rings (SSSR count). The molecule has 1 heterocycles. The summed E-state index contributed by atoms with van der Waals surface area (Å²) < 4.78 is 0. The maximum Gasteiger partial charge on any atom is 0.0897 e. The zero-order chi connectivity index (χ0) is 9.31. The second-order valence-corrected chi connectivity index (χ2v) is 5.64. The summed E-state index contributed by atoms with van der Waals surface area (Å²) in [7, 11) is 0. The van der Waals surface area contributed by atoms with Crippen molar-refractivity contribution in [3.05, 3.63) is 16.1 Å². The molecule has 13 heavy (non-hydrogen) atoms. The van der Waals surface area contributed by atoms with Crippen LogP contribution in [0.25, 0.3) is 0 Å². The van der Waals surface area contributed by atoms with Gasteiger partial charge in [0.1, 0.15) is 0 Å². The van der Waals surface area contributed by atoms with Crippen molar-refractivity contribution in [2.75, 3.05) is 5.33 Å². The van der Waals surface area contributed by atoms with Gasteiger partial charge in [-0.25, -0.2) is 4.98 Å². The van der Waals surface area contributed by atoms with E-state index in [0.717, 1.165) is 5.33 Å². The van der Waals surface area contributed by atoms with Crippen LogP contribution in [0.1, 0.15) is 30.0 Å². The topological polar surface area (TPSA) is 12.9 Å². The van der Waals surface area contributed by atoms with Crippen molar-refractivity contribution in [2.24, 2.45) is 5.41 Å². The van der Waals surface area contributed by atoms with Crippen molar-refractivity contribution in [3.8, 4) is 0 Å². The number of aromatic nitrogens is 1. The maximum absolute atomic E-state index is 4.52. The normalized spacial score (nSPS) is 19.8. The molecule has 1 aromatic heterocycles. The predicted molar refractivity (Wildman–Crippen MR) is 60.6 cm³/mol. The molecule has 72 valence electrons. The van der Waals surface area contributed by atoms with Gasteiger partial charge in [-0.05, 0) is 31.6 Å². The van der Waals surface area contributed by atoms with Crippen LogP contribution in [0.2, 0.25) is 0 Å². The van der Waals surface area contributed by atoms with Crippen LogP contribution >= 0.6 is 27.3 Å². The fourth-order valence-corrected chi connectivity index (χ4v) is 3.28. The van der Waals surface area contributed by atoms with Crippen LogP contribution < -0.4 is 0 Å². The van der Waals surface area contributed by atoms with Gasteiger partial charge in [-0.2, -0.15) is 0 Å². The number of aryl methyl sites for hydroxylation is 1. The fraction of sp³-hybridized carbons (Fsp3) is 0.700. The molecular weight excluding hydrogens is 246 g/mol. The number of hydrogen-bond acceptors (Lipinski definition) is 2. The van der Waals surface area contributed by atoms with Crippen molar-refractivity contribution in [1.29, 1.82) is 0 Å². The number of alkyl halides is 1. The van der Waals surface area contributed by atoms with Gasteiger partial charge < -0.3 is 0 Å². The van der Waals surface area contributed by atoms with Crippen LogP contribution in [0, 0.1) is 12.3 Å². The monoisotopic (exact) mass is 259 g/mol. The highest BCUT2D eigenvalue weighted by molar-refractivity contribution is 9.09. The van der Waals surface area contributed by atoms with E-state index in [0.29, 0.717) is 5.41 Å². The third kappa shape index (κ3) is 1.96. The summed E-state index contributed by atoms with van der Waals surface area (Å²) in [6, 6.07) is 0. The maximum atomic E-state index is 4.52. The van der Waals surface area contributed by atoms with Crippen LogP contribution in [0.5, 0.6) is 0 Å². The summed E-state index contributed by atoms with van der Waals surface area (Å²) in [6.07, 6.45) is 5.31. The van der Waals surface area contributed by atoms with Crippen molar-refractivity contribution >= 4 is 27.3 Å². The average Bonchev–Trinajstić information content (AvgIpc) is 2.44. The molecule has 0 spiro atoms. The van der Waals surface area contributed by atoms with Crippen LogP contribution in [-0.4, -0.2) is 10.3 Å². The van der Waals surface area contributed by atoms with Crippen LogP contribution in [0.15, 0.2) is 5.38 Å². The Hall–Kier alpha value is 0.110. The van der Waals surface area contributed by atoms with Gasteiger partial charge in [0.25, 0.3) is 0 Å². The van der Waals surface area contributed by atoms with E-state index in [-0.39, 0.29) is 0 Å². The van der Waals surface area contributed by atoms with Crippen molar-refractivity contribution in [3.63, 3.8) is 0 Å². The average molecular weight is 260 g/mol. The van der Waals surface area contributed by atoms with Gasteiger partial charge in [-0.1, -0.05) is 22.4 Å². The predicted octanol–water partition coefficient (Wildman–Crippen LogP) is 3.56. The molecule has 0 N–H and O–H groups in total. The third-order valence-electron chi connectivity index (χ3n) is 2.92. The zero-order valence-electron chi connectivity index (χ0n) is 7.85. The van der Waals surface area contributed by atoms with Gasteiger partial charge in [-0.15, -0.1) is 11.3 Å². The third-order valence-corrected chi connectivity index (χ3v) is 4.93. The molecule has 0 aliphatic heterocycles. The smallest absolute Gasteiger partial charge is 0.0897 e. The van der Waals surface area contributed by atoms with Gasteiger partial charge in [0.2, 0.25) is 0 Å². The van der Waals surface area contributed by atoms with Crippen molar-refractivity contribution in [1.82, 2.24) is 4.98 Å². The summed E-state index contributed by atoms with van der Waals surface area (Å²) >= 11 is 5.39. The highest BCUT2D eigenvalue weighted by atomic mass is 79.9. The van der Waals surface area contributed by atoms with Crippen LogP contribution in [0.3, 0.4) is 0 Å². The minimum atomic E-state index is 0.542. The van der Waals surface area contributed by atoms with Gasteiger partial charge in [-0.3, -0.25) is 0 Å². The molecule has 1 aliphatic rings. The SMILES string of the molecule is Cc1nc(CC2(CBr)CCC2)cs1. The fourth-order valence-electron chi connectivity index (χ4n) is 1.91. The second-order valence-electron chi connectivity index (χ2n) is 4.02. The Labute approximate surface area is 91.7 Å². The summed E-state index contributed by atoms with van der Waals surface area (Å²) in [5.41, 5.74) is 1.84. The van der Waals surface area contributed by atoms with Gasteiger partial charge >= 0.3 is 0 Å². The summed E-state index contributed by atoms with van der Waals surface area (Å²) in [5.74, 6) is 0. The lowest BCUT2D eigenvalue weighted by atomic mass is 9.68. The van der Waals surface area contributed by atoms with E-state index in [1.54, 1.807) is 11.3 Å². The molecule has 1 fully saturated rings. The quantitative estimate of drug-likeness (QED) is 0.757. The second kappa shape index (κ2) is 3.70. The molecule has 0 aromatic carbocycles. The molecule has 0 radical (unpaired) electrons. The Morgan fingerprint density at radius 2 is 2.38 bits per heavy atom. The van der Waals surface area contributed by atoms with E-state index in [1.165, 1.54) is 36.4 Å². The van der Waals surface area contributed by atoms with E-state index in [4.69, 9.17) is 0 Å². The molecule has 3 heteroatoms. The Bertz CT molecular complexity index is 285. The van der Waals surface area contributed by atoms with Gasteiger partial charge in [0.05, 0.1) is 10.7 Å². The highest BCUT2D eigenvalue weighted by Crippen LogP contribution is 2.44. The van der Waals surface area contributed by atoms with Crippen molar-refractivity contribution in [2.45, 2.75) is 32.6 Å². The molecule has 0 bridgehead atoms. The zero-order valence-corrected chi connectivity index (χ0v) is 10.2. The Balaban J connectivity index is 2.04. The lowest BCUT2D eigenvalue weighted by Gasteiger charge is -2.40. The van der Waals surface area contributed by atoms with E-state index in [2.05, 4.69) is 33.2 Å². The summed E-state index contributed by atoms with van der Waals surface area (Å²) in [6.45, 7) is 2.08. The number of thiazole rings is 1. The summed E-state index contributed by atoms with van der Waals surface area (Å²) in [5, 5.41) is 4.54. The van der Waals surface area contributed by atoms with E-state index < -0.39 is 0 Å². The minimum Gasteiger partial charge on any atom is -0.247 e.